The third-order valence-corrected chi connectivity index (χ3v) is 2.04. The van der Waals surface area contributed by atoms with Crippen LogP contribution in [0, 0.1) is 6.92 Å². The monoisotopic (exact) mass is 213 g/mol. The molecule has 3 nitrogen and oxygen atoms in total. The molecule has 1 aromatic carbocycles. The molecule has 4 heteroatoms. The van der Waals surface area contributed by atoms with Crippen molar-refractivity contribution in [2.45, 2.75) is 6.92 Å². The first-order valence-electron chi connectivity index (χ1n) is 4.18. The van der Waals surface area contributed by atoms with Gasteiger partial charge in [-0.25, -0.2) is 0 Å². The molecule has 1 rings (SSSR count). The van der Waals surface area contributed by atoms with E-state index in [1.807, 2.05) is 13.0 Å². The van der Waals surface area contributed by atoms with Gasteiger partial charge in [0, 0.05) is 5.69 Å². The molecule has 1 amide bonds. The Bertz CT molecular complexity index is 339. The molecule has 1 aromatic rings. The van der Waals surface area contributed by atoms with Crippen LogP contribution in [-0.2, 0) is 4.79 Å². The Kier molecular flexibility index (Phi) is 3.77. The van der Waals surface area contributed by atoms with E-state index in [0.29, 0.717) is 0 Å². The van der Waals surface area contributed by atoms with E-state index in [0.717, 1.165) is 17.0 Å². The fourth-order valence-electron chi connectivity index (χ4n) is 1.15. The lowest BCUT2D eigenvalue weighted by molar-refractivity contribution is -0.113. The van der Waals surface area contributed by atoms with E-state index in [4.69, 9.17) is 16.3 Å². The molecule has 0 aliphatic heterocycles. The van der Waals surface area contributed by atoms with Gasteiger partial charge in [-0.1, -0.05) is 0 Å². The zero-order valence-electron chi connectivity index (χ0n) is 8.13. The minimum atomic E-state index is -0.212. The van der Waals surface area contributed by atoms with Gasteiger partial charge in [0.2, 0.25) is 5.91 Å². The molecule has 0 spiro atoms. The number of hydrogen-bond acceptors (Lipinski definition) is 2. The van der Waals surface area contributed by atoms with Crippen LogP contribution in [0.25, 0.3) is 0 Å². The Morgan fingerprint density at radius 3 is 2.79 bits per heavy atom. The zero-order valence-corrected chi connectivity index (χ0v) is 8.89. The van der Waals surface area contributed by atoms with Gasteiger partial charge < -0.3 is 10.1 Å². The van der Waals surface area contributed by atoms with Crippen molar-refractivity contribution in [3.05, 3.63) is 23.8 Å². The van der Waals surface area contributed by atoms with Crippen LogP contribution in [0.5, 0.6) is 5.75 Å². The number of aryl methyl sites for hydroxylation is 1. The number of anilines is 1. The average molecular weight is 214 g/mol. The minimum absolute atomic E-state index is 0.0366. The summed E-state index contributed by atoms with van der Waals surface area (Å²) in [4.78, 5) is 11.0. The third-order valence-electron chi connectivity index (χ3n) is 1.80. The second-order valence-corrected chi connectivity index (χ2v) is 3.13. The molecule has 1 N–H and O–H groups in total. The Balaban J connectivity index is 2.81. The lowest BCUT2D eigenvalue weighted by atomic mass is 10.2. The van der Waals surface area contributed by atoms with Crippen molar-refractivity contribution >= 4 is 23.2 Å². The van der Waals surface area contributed by atoms with E-state index in [-0.39, 0.29) is 11.8 Å². The number of carbonyl (C=O) groups is 1. The van der Waals surface area contributed by atoms with Crippen molar-refractivity contribution in [3.8, 4) is 5.75 Å². The molecule has 76 valence electrons. The van der Waals surface area contributed by atoms with E-state index in [1.54, 1.807) is 19.2 Å². The average Bonchev–Trinajstić information content (AvgIpc) is 2.18. The van der Waals surface area contributed by atoms with Crippen molar-refractivity contribution in [1.82, 2.24) is 0 Å². The Labute approximate surface area is 88.0 Å². The smallest absolute Gasteiger partial charge is 0.239 e. The summed E-state index contributed by atoms with van der Waals surface area (Å²) in [6, 6.07) is 5.42. The number of amides is 1. The highest BCUT2D eigenvalue weighted by molar-refractivity contribution is 6.29. The Hall–Kier alpha value is -1.22. The maximum atomic E-state index is 11.0. The number of ether oxygens (including phenoxy) is 1. The van der Waals surface area contributed by atoms with Gasteiger partial charge >= 0.3 is 0 Å². The van der Waals surface area contributed by atoms with E-state index in [2.05, 4.69) is 5.32 Å². The number of hydrogen-bond donors (Lipinski definition) is 1. The highest BCUT2D eigenvalue weighted by Gasteiger charge is 2.02. The summed E-state index contributed by atoms with van der Waals surface area (Å²) in [5, 5.41) is 2.66. The standard InChI is InChI=1S/C10H12ClNO2/c1-7-5-8(12-10(13)6-11)3-4-9(7)14-2/h3-5H,6H2,1-2H3,(H,12,13). The lowest BCUT2D eigenvalue weighted by Crippen LogP contribution is -2.12. The summed E-state index contributed by atoms with van der Waals surface area (Å²) in [5.41, 5.74) is 1.70. The second kappa shape index (κ2) is 4.86. The van der Waals surface area contributed by atoms with Crippen molar-refractivity contribution in [2.75, 3.05) is 18.3 Å². The van der Waals surface area contributed by atoms with Crippen LogP contribution in [0.3, 0.4) is 0 Å². The van der Waals surface area contributed by atoms with Gasteiger partial charge in [0.05, 0.1) is 7.11 Å². The molecule has 0 fully saturated rings. The van der Waals surface area contributed by atoms with E-state index < -0.39 is 0 Å². The number of alkyl halides is 1. The summed E-state index contributed by atoms with van der Waals surface area (Å²) in [6.07, 6.45) is 0. The van der Waals surface area contributed by atoms with E-state index in [9.17, 15) is 4.79 Å². The van der Waals surface area contributed by atoms with Gasteiger partial charge in [0.15, 0.2) is 0 Å². The molecule has 0 bridgehead atoms. The molecule has 0 saturated carbocycles. The quantitative estimate of drug-likeness (QED) is 0.782. The topological polar surface area (TPSA) is 38.3 Å². The predicted octanol–water partition coefficient (Wildman–Crippen LogP) is 2.18. The van der Waals surface area contributed by atoms with Gasteiger partial charge in [-0.05, 0) is 30.7 Å². The van der Waals surface area contributed by atoms with Crippen molar-refractivity contribution in [2.24, 2.45) is 0 Å². The fourth-order valence-corrected chi connectivity index (χ4v) is 1.22. The molecule has 14 heavy (non-hydrogen) atoms. The molecule has 0 aliphatic rings. The Morgan fingerprint density at radius 1 is 1.57 bits per heavy atom. The van der Waals surface area contributed by atoms with Crippen LogP contribution < -0.4 is 10.1 Å². The van der Waals surface area contributed by atoms with Gasteiger partial charge in [-0.3, -0.25) is 4.79 Å². The van der Waals surface area contributed by atoms with Crippen LogP contribution in [-0.4, -0.2) is 18.9 Å². The number of carbonyl (C=O) groups excluding carboxylic acids is 1. The molecular weight excluding hydrogens is 202 g/mol. The summed E-state index contributed by atoms with van der Waals surface area (Å²) < 4.78 is 5.09. The third kappa shape index (κ3) is 2.64. The maximum Gasteiger partial charge on any atom is 0.239 e. The SMILES string of the molecule is COc1ccc(NC(=O)CCl)cc1C. The first kappa shape index (κ1) is 10.9. The molecule has 0 aliphatic carbocycles. The summed E-state index contributed by atoms with van der Waals surface area (Å²) >= 11 is 5.36. The molecule has 0 heterocycles. The zero-order chi connectivity index (χ0) is 10.6. The number of nitrogens with one attached hydrogen (secondary N) is 1. The van der Waals surface area contributed by atoms with Gasteiger partial charge in [0.25, 0.3) is 0 Å². The number of methoxy groups -OCH3 is 1. The van der Waals surface area contributed by atoms with Gasteiger partial charge in [-0.2, -0.15) is 0 Å². The highest BCUT2D eigenvalue weighted by Crippen LogP contribution is 2.21. The lowest BCUT2D eigenvalue weighted by Gasteiger charge is -2.07. The summed E-state index contributed by atoms with van der Waals surface area (Å²) in [6.45, 7) is 1.91. The van der Waals surface area contributed by atoms with Crippen LogP contribution >= 0.6 is 11.6 Å². The van der Waals surface area contributed by atoms with Crippen LogP contribution in [0.15, 0.2) is 18.2 Å². The number of halogens is 1. The number of rotatable bonds is 3. The Morgan fingerprint density at radius 2 is 2.29 bits per heavy atom. The minimum Gasteiger partial charge on any atom is -0.496 e. The van der Waals surface area contributed by atoms with Crippen molar-refractivity contribution < 1.29 is 9.53 Å². The summed E-state index contributed by atoms with van der Waals surface area (Å²) in [5.74, 6) is 0.551. The van der Waals surface area contributed by atoms with Gasteiger partial charge in [-0.15, -0.1) is 11.6 Å². The van der Waals surface area contributed by atoms with Gasteiger partial charge in [0.1, 0.15) is 11.6 Å². The largest absolute Gasteiger partial charge is 0.496 e. The van der Waals surface area contributed by atoms with Crippen LogP contribution in [0.4, 0.5) is 5.69 Å². The van der Waals surface area contributed by atoms with Crippen molar-refractivity contribution in [3.63, 3.8) is 0 Å². The molecular formula is C10H12ClNO2. The molecule has 0 aromatic heterocycles. The summed E-state index contributed by atoms with van der Waals surface area (Å²) in [7, 11) is 1.61. The van der Waals surface area contributed by atoms with E-state index >= 15 is 0 Å². The van der Waals surface area contributed by atoms with Crippen LogP contribution in [0.2, 0.25) is 0 Å². The van der Waals surface area contributed by atoms with Crippen molar-refractivity contribution in [1.29, 1.82) is 0 Å². The molecule has 0 unspecified atom stereocenters. The molecule has 0 saturated heterocycles. The highest BCUT2D eigenvalue weighted by atomic mass is 35.5. The number of benzene rings is 1. The molecule has 0 atom stereocenters. The first-order valence-corrected chi connectivity index (χ1v) is 4.71. The van der Waals surface area contributed by atoms with Crippen LogP contribution in [0.1, 0.15) is 5.56 Å². The van der Waals surface area contributed by atoms with E-state index in [1.165, 1.54) is 0 Å². The first-order chi connectivity index (χ1) is 6.67. The second-order valence-electron chi connectivity index (χ2n) is 2.87. The normalized spacial score (nSPS) is 9.64. The maximum absolute atomic E-state index is 11.0. The molecule has 0 radical (unpaired) electrons. The predicted molar refractivity (Wildman–Crippen MR) is 57.1 cm³/mol. The fraction of sp³-hybridized carbons (Fsp3) is 0.300.